The molecule has 18 heavy (non-hydrogen) atoms. The summed E-state index contributed by atoms with van der Waals surface area (Å²) in [4.78, 5) is 0.810. The average molecular weight is 282 g/mol. The zero-order chi connectivity index (χ0) is 13.1. The van der Waals surface area contributed by atoms with Crippen molar-refractivity contribution < 1.29 is 4.39 Å². The van der Waals surface area contributed by atoms with Crippen LogP contribution in [0, 0.1) is 12.7 Å². The van der Waals surface area contributed by atoms with Gasteiger partial charge in [-0.1, -0.05) is 35.9 Å². The molecular formula is C14H13ClFNS. The molecule has 0 aliphatic heterocycles. The summed E-state index contributed by atoms with van der Waals surface area (Å²) in [5.41, 5.74) is 8.67. The van der Waals surface area contributed by atoms with Gasteiger partial charge in [-0.3, -0.25) is 0 Å². The van der Waals surface area contributed by atoms with Crippen molar-refractivity contribution in [2.24, 2.45) is 0 Å². The SMILES string of the molecule is Cc1ccccc1CSc1cc(Cl)c(F)cc1N. The molecule has 2 aromatic carbocycles. The predicted molar refractivity (Wildman–Crippen MR) is 76.6 cm³/mol. The van der Waals surface area contributed by atoms with Crippen LogP contribution in [0.15, 0.2) is 41.3 Å². The fourth-order valence-electron chi connectivity index (χ4n) is 1.60. The van der Waals surface area contributed by atoms with Crippen molar-refractivity contribution in [2.75, 3.05) is 5.73 Å². The van der Waals surface area contributed by atoms with Crippen molar-refractivity contribution in [1.82, 2.24) is 0 Å². The van der Waals surface area contributed by atoms with Crippen molar-refractivity contribution in [1.29, 1.82) is 0 Å². The van der Waals surface area contributed by atoms with Crippen LogP contribution in [-0.2, 0) is 5.75 Å². The van der Waals surface area contributed by atoms with Crippen molar-refractivity contribution in [3.05, 3.63) is 58.4 Å². The molecule has 0 spiro atoms. The number of aryl methyl sites for hydroxylation is 1. The third-order valence-electron chi connectivity index (χ3n) is 2.70. The fourth-order valence-corrected chi connectivity index (χ4v) is 2.89. The molecule has 4 heteroatoms. The van der Waals surface area contributed by atoms with E-state index in [-0.39, 0.29) is 5.02 Å². The zero-order valence-corrected chi connectivity index (χ0v) is 11.5. The molecule has 0 fully saturated rings. The van der Waals surface area contributed by atoms with Crippen LogP contribution in [0.25, 0.3) is 0 Å². The first-order valence-corrected chi connectivity index (χ1v) is 6.86. The fraction of sp³-hybridized carbons (Fsp3) is 0.143. The van der Waals surface area contributed by atoms with Crippen molar-refractivity contribution in [3.63, 3.8) is 0 Å². The standard InChI is InChI=1S/C14H13ClFNS/c1-9-4-2-3-5-10(9)8-18-14-6-11(15)12(16)7-13(14)17/h2-7H,8,17H2,1H3. The number of thioether (sulfide) groups is 1. The Balaban J connectivity index is 2.16. The molecule has 0 aliphatic rings. The molecule has 0 saturated heterocycles. The summed E-state index contributed by atoms with van der Waals surface area (Å²) in [6, 6.07) is 11.0. The van der Waals surface area contributed by atoms with Crippen molar-refractivity contribution in [3.8, 4) is 0 Å². The summed E-state index contributed by atoms with van der Waals surface area (Å²) in [5, 5.41) is 0.108. The molecule has 0 unspecified atom stereocenters. The Morgan fingerprint density at radius 3 is 2.72 bits per heavy atom. The summed E-state index contributed by atoms with van der Waals surface area (Å²) in [5.74, 6) is 0.313. The molecule has 94 valence electrons. The maximum absolute atomic E-state index is 13.2. The van der Waals surface area contributed by atoms with E-state index in [2.05, 4.69) is 19.1 Å². The number of hydrogen-bond acceptors (Lipinski definition) is 2. The first-order valence-electron chi connectivity index (χ1n) is 5.50. The minimum Gasteiger partial charge on any atom is -0.398 e. The summed E-state index contributed by atoms with van der Waals surface area (Å²) < 4.78 is 13.2. The molecule has 0 heterocycles. The molecular weight excluding hydrogens is 269 g/mol. The van der Waals surface area contributed by atoms with Crippen LogP contribution in [0.1, 0.15) is 11.1 Å². The van der Waals surface area contributed by atoms with E-state index in [0.717, 1.165) is 10.6 Å². The van der Waals surface area contributed by atoms with E-state index >= 15 is 0 Å². The first-order chi connectivity index (χ1) is 8.58. The highest BCUT2D eigenvalue weighted by molar-refractivity contribution is 7.98. The molecule has 0 aliphatic carbocycles. The van der Waals surface area contributed by atoms with Gasteiger partial charge < -0.3 is 5.73 Å². The first kappa shape index (κ1) is 13.2. The van der Waals surface area contributed by atoms with Gasteiger partial charge >= 0.3 is 0 Å². The Morgan fingerprint density at radius 2 is 2.00 bits per heavy atom. The topological polar surface area (TPSA) is 26.0 Å². The van der Waals surface area contributed by atoms with Gasteiger partial charge in [-0.2, -0.15) is 0 Å². The van der Waals surface area contributed by atoms with Gasteiger partial charge in [0.15, 0.2) is 0 Å². The van der Waals surface area contributed by atoms with E-state index in [9.17, 15) is 4.39 Å². The number of halogens is 2. The van der Waals surface area contributed by atoms with Crippen LogP contribution in [0.4, 0.5) is 10.1 Å². The van der Waals surface area contributed by atoms with Crippen LogP contribution in [0.2, 0.25) is 5.02 Å². The Labute approximate surface area is 115 Å². The smallest absolute Gasteiger partial charge is 0.143 e. The van der Waals surface area contributed by atoms with E-state index in [4.69, 9.17) is 17.3 Å². The lowest BCUT2D eigenvalue weighted by Gasteiger charge is -2.08. The van der Waals surface area contributed by atoms with Gasteiger partial charge in [0.25, 0.3) is 0 Å². The maximum atomic E-state index is 13.2. The molecule has 0 aromatic heterocycles. The molecule has 2 N–H and O–H groups in total. The summed E-state index contributed by atoms with van der Waals surface area (Å²) in [6.45, 7) is 2.07. The molecule has 1 nitrogen and oxygen atoms in total. The second-order valence-electron chi connectivity index (χ2n) is 4.02. The van der Waals surface area contributed by atoms with E-state index < -0.39 is 5.82 Å². The highest BCUT2D eigenvalue weighted by Crippen LogP contribution is 2.32. The van der Waals surface area contributed by atoms with Crippen LogP contribution >= 0.6 is 23.4 Å². The second kappa shape index (κ2) is 5.63. The number of anilines is 1. The van der Waals surface area contributed by atoms with Crippen LogP contribution < -0.4 is 5.73 Å². The van der Waals surface area contributed by atoms with E-state index in [1.54, 1.807) is 17.8 Å². The summed E-state index contributed by atoms with van der Waals surface area (Å²) in [7, 11) is 0. The molecule has 0 saturated carbocycles. The Hall–Kier alpha value is -1.19. The molecule has 0 bridgehead atoms. The van der Waals surface area contributed by atoms with Crippen LogP contribution in [0.3, 0.4) is 0 Å². The molecule has 0 atom stereocenters. The minimum absolute atomic E-state index is 0.108. The van der Waals surface area contributed by atoms with E-state index in [1.807, 2.05) is 12.1 Å². The normalized spacial score (nSPS) is 10.6. The van der Waals surface area contributed by atoms with Crippen LogP contribution in [-0.4, -0.2) is 0 Å². The quantitative estimate of drug-likeness (QED) is 0.654. The van der Waals surface area contributed by atoms with Gasteiger partial charge in [0, 0.05) is 16.3 Å². The molecule has 2 aromatic rings. The maximum Gasteiger partial charge on any atom is 0.143 e. The van der Waals surface area contributed by atoms with Gasteiger partial charge in [0.2, 0.25) is 0 Å². The Kier molecular flexibility index (Phi) is 4.15. The summed E-state index contributed by atoms with van der Waals surface area (Å²) >= 11 is 7.32. The zero-order valence-electron chi connectivity index (χ0n) is 9.91. The Bertz CT molecular complexity index is 572. The van der Waals surface area contributed by atoms with Crippen LogP contribution in [0.5, 0.6) is 0 Å². The highest BCUT2D eigenvalue weighted by Gasteiger charge is 2.07. The van der Waals surface area contributed by atoms with Gasteiger partial charge in [-0.05, 0) is 30.2 Å². The number of rotatable bonds is 3. The number of benzene rings is 2. The number of nitrogen functional groups attached to an aromatic ring is 1. The van der Waals surface area contributed by atoms with Gasteiger partial charge in [0.1, 0.15) is 5.82 Å². The van der Waals surface area contributed by atoms with Gasteiger partial charge in [-0.25, -0.2) is 4.39 Å². The summed E-state index contributed by atoms with van der Waals surface area (Å²) in [6.07, 6.45) is 0. The third-order valence-corrected chi connectivity index (χ3v) is 4.11. The lowest BCUT2D eigenvalue weighted by Crippen LogP contribution is -1.92. The van der Waals surface area contributed by atoms with E-state index in [1.165, 1.54) is 17.2 Å². The number of nitrogens with two attached hydrogens (primary N) is 1. The van der Waals surface area contributed by atoms with E-state index in [0.29, 0.717) is 5.69 Å². The minimum atomic E-state index is -0.477. The lowest BCUT2D eigenvalue weighted by atomic mass is 10.1. The highest BCUT2D eigenvalue weighted by atomic mass is 35.5. The lowest BCUT2D eigenvalue weighted by molar-refractivity contribution is 0.628. The monoisotopic (exact) mass is 281 g/mol. The van der Waals surface area contributed by atoms with Crippen molar-refractivity contribution in [2.45, 2.75) is 17.6 Å². The largest absolute Gasteiger partial charge is 0.398 e. The number of hydrogen-bond donors (Lipinski definition) is 1. The molecule has 0 amide bonds. The predicted octanol–water partition coefficient (Wildman–Crippen LogP) is 4.66. The third kappa shape index (κ3) is 2.98. The molecule has 2 rings (SSSR count). The Morgan fingerprint density at radius 1 is 1.28 bits per heavy atom. The van der Waals surface area contributed by atoms with Gasteiger partial charge in [-0.15, -0.1) is 11.8 Å². The average Bonchev–Trinajstić information content (AvgIpc) is 2.34. The van der Waals surface area contributed by atoms with Crippen molar-refractivity contribution >= 4 is 29.1 Å². The molecule has 0 radical (unpaired) electrons. The second-order valence-corrected chi connectivity index (χ2v) is 5.44. The van der Waals surface area contributed by atoms with Gasteiger partial charge in [0.05, 0.1) is 5.02 Å².